The Hall–Kier alpha value is -0.530. The molecular formula is C8H7Cl2N. The molecule has 0 N–H and O–H groups in total. The molecule has 1 nitrogen and oxygen atoms in total. The maximum Gasteiger partial charge on any atom is 0.147 e. The van der Waals surface area contributed by atoms with Gasteiger partial charge in [-0.05, 0) is 18.1 Å². The molecule has 0 aromatic carbocycles. The highest BCUT2D eigenvalue weighted by atomic mass is 35.5. The van der Waals surface area contributed by atoms with Gasteiger partial charge < -0.3 is 0 Å². The molecule has 1 rings (SSSR count). The second kappa shape index (κ2) is 3.74. The third-order valence-corrected chi connectivity index (χ3v) is 1.92. The zero-order valence-electron chi connectivity index (χ0n) is 5.85. The Kier molecular flexibility index (Phi) is 2.92. The van der Waals surface area contributed by atoms with Gasteiger partial charge in [-0.25, -0.2) is 4.98 Å². The van der Waals surface area contributed by atoms with Crippen molar-refractivity contribution in [3.8, 4) is 0 Å². The summed E-state index contributed by atoms with van der Waals surface area (Å²) in [6, 6.07) is 1.79. The average Bonchev–Trinajstić information content (AvgIpc) is 1.98. The largest absolute Gasteiger partial charge is 0.243 e. The second-order valence-electron chi connectivity index (χ2n) is 2.11. The smallest absolute Gasteiger partial charge is 0.147 e. The summed E-state index contributed by atoms with van der Waals surface area (Å²) >= 11 is 11.3. The lowest BCUT2D eigenvalue weighted by Gasteiger charge is -1.97. The van der Waals surface area contributed by atoms with Crippen LogP contribution in [0.2, 0.25) is 10.2 Å². The van der Waals surface area contributed by atoms with Crippen molar-refractivity contribution in [1.29, 1.82) is 0 Å². The zero-order valence-corrected chi connectivity index (χ0v) is 7.36. The van der Waals surface area contributed by atoms with Gasteiger partial charge in [-0.15, -0.1) is 6.58 Å². The molecule has 0 atom stereocenters. The molecule has 0 spiro atoms. The summed E-state index contributed by atoms with van der Waals surface area (Å²) in [5.74, 6) is 0. The van der Waals surface area contributed by atoms with E-state index in [0.29, 0.717) is 10.2 Å². The minimum Gasteiger partial charge on any atom is -0.243 e. The highest BCUT2D eigenvalue weighted by molar-refractivity contribution is 6.41. The van der Waals surface area contributed by atoms with E-state index in [2.05, 4.69) is 11.6 Å². The van der Waals surface area contributed by atoms with E-state index in [1.54, 1.807) is 18.3 Å². The summed E-state index contributed by atoms with van der Waals surface area (Å²) in [6.07, 6.45) is 4.25. The van der Waals surface area contributed by atoms with Crippen LogP contribution < -0.4 is 0 Å². The lowest BCUT2D eigenvalue weighted by Crippen LogP contribution is -1.84. The number of hydrogen-bond acceptors (Lipinski definition) is 1. The lowest BCUT2D eigenvalue weighted by molar-refractivity contribution is 1.19. The van der Waals surface area contributed by atoms with Gasteiger partial charge in [0.25, 0.3) is 0 Å². The SMILES string of the molecule is C=CCc1cnc(Cl)c(Cl)c1. The first-order valence-corrected chi connectivity index (χ1v) is 3.90. The molecule has 0 bridgehead atoms. The third-order valence-electron chi connectivity index (χ3n) is 1.23. The third kappa shape index (κ3) is 2.21. The topological polar surface area (TPSA) is 12.9 Å². The van der Waals surface area contributed by atoms with Crippen LogP contribution in [0, 0.1) is 0 Å². The Balaban J connectivity index is 2.95. The van der Waals surface area contributed by atoms with E-state index >= 15 is 0 Å². The summed E-state index contributed by atoms with van der Waals surface area (Å²) in [6.45, 7) is 3.60. The standard InChI is InChI=1S/C8H7Cl2N/c1-2-3-6-4-7(9)8(10)11-5-6/h2,4-5H,1,3H2. The van der Waals surface area contributed by atoms with E-state index in [-0.39, 0.29) is 0 Å². The van der Waals surface area contributed by atoms with E-state index in [9.17, 15) is 0 Å². The fourth-order valence-corrected chi connectivity index (χ4v) is 1.03. The predicted molar refractivity (Wildman–Crippen MR) is 48.2 cm³/mol. The molecule has 0 amide bonds. The number of allylic oxidation sites excluding steroid dienone is 1. The molecule has 1 aromatic rings. The van der Waals surface area contributed by atoms with Gasteiger partial charge >= 0.3 is 0 Å². The molecule has 58 valence electrons. The molecule has 3 heteroatoms. The molecule has 0 aliphatic rings. The Morgan fingerprint density at radius 2 is 2.27 bits per heavy atom. The Morgan fingerprint density at radius 1 is 1.55 bits per heavy atom. The Morgan fingerprint density at radius 3 is 2.82 bits per heavy atom. The quantitative estimate of drug-likeness (QED) is 0.513. The molecule has 0 radical (unpaired) electrons. The van der Waals surface area contributed by atoms with Crippen molar-refractivity contribution in [3.63, 3.8) is 0 Å². The number of hydrogen-bond donors (Lipinski definition) is 0. The molecule has 0 unspecified atom stereocenters. The molecule has 0 fully saturated rings. The molecular weight excluding hydrogens is 181 g/mol. The van der Waals surface area contributed by atoms with Gasteiger partial charge in [0.2, 0.25) is 0 Å². The summed E-state index contributed by atoms with van der Waals surface area (Å²) in [4.78, 5) is 3.88. The molecule has 1 heterocycles. The van der Waals surface area contributed by atoms with Crippen LogP contribution in [0.1, 0.15) is 5.56 Å². The normalized spacial score (nSPS) is 9.64. The molecule has 11 heavy (non-hydrogen) atoms. The van der Waals surface area contributed by atoms with Gasteiger partial charge in [0.1, 0.15) is 5.15 Å². The Labute approximate surface area is 75.7 Å². The van der Waals surface area contributed by atoms with Crippen molar-refractivity contribution in [3.05, 3.63) is 40.7 Å². The number of halogens is 2. The summed E-state index contributed by atoms with van der Waals surface area (Å²) in [5.41, 5.74) is 1.02. The number of nitrogens with zero attached hydrogens (tertiary/aromatic N) is 1. The minimum atomic E-state index is 0.347. The van der Waals surface area contributed by atoms with Gasteiger partial charge in [-0.1, -0.05) is 29.3 Å². The van der Waals surface area contributed by atoms with Crippen LogP contribution in [0.4, 0.5) is 0 Å². The molecule has 1 aromatic heterocycles. The van der Waals surface area contributed by atoms with Crippen LogP contribution >= 0.6 is 23.2 Å². The second-order valence-corrected chi connectivity index (χ2v) is 2.87. The van der Waals surface area contributed by atoms with Crippen LogP contribution in [0.25, 0.3) is 0 Å². The van der Waals surface area contributed by atoms with Crippen molar-refractivity contribution in [2.45, 2.75) is 6.42 Å². The summed E-state index contributed by atoms with van der Waals surface area (Å²) in [5, 5.41) is 0.838. The van der Waals surface area contributed by atoms with E-state index in [4.69, 9.17) is 23.2 Å². The van der Waals surface area contributed by atoms with E-state index < -0.39 is 0 Å². The number of aromatic nitrogens is 1. The van der Waals surface area contributed by atoms with Gasteiger partial charge in [0.05, 0.1) is 5.02 Å². The lowest BCUT2D eigenvalue weighted by atomic mass is 10.2. The van der Waals surface area contributed by atoms with Crippen LogP contribution in [-0.4, -0.2) is 4.98 Å². The maximum atomic E-state index is 5.72. The monoisotopic (exact) mass is 187 g/mol. The van der Waals surface area contributed by atoms with Crippen molar-refractivity contribution >= 4 is 23.2 Å². The molecule has 0 aliphatic heterocycles. The highest BCUT2D eigenvalue weighted by Gasteiger charge is 1.98. The first-order valence-electron chi connectivity index (χ1n) is 3.15. The van der Waals surface area contributed by atoms with Crippen molar-refractivity contribution in [2.24, 2.45) is 0 Å². The van der Waals surface area contributed by atoms with Crippen LogP contribution in [0.15, 0.2) is 24.9 Å². The van der Waals surface area contributed by atoms with Gasteiger partial charge in [0.15, 0.2) is 0 Å². The first-order chi connectivity index (χ1) is 5.24. The zero-order chi connectivity index (χ0) is 8.27. The van der Waals surface area contributed by atoms with E-state index in [1.807, 2.05) is 0 Å². The van der Waals surface area contributed by atoms with Crippen LogP contribution in [-0.2, 0) is 6.42 Å². The average molecular weight is 188 g/mol. The number of pyridine rings is 1. The van der Waals surface area contributed by atoms with Crippen molar-refractivity contribution in [1.82, 2.24) is 4.98 Å². The fourth-order valence-electron chi connectivity index (χ4n) is 0.739. The predicted octanol–water partition coefficient (Wildman–Crippen LogP) is 3.12. The first kappa shape index (κ1) is 8.57. The molecule has 0 saturated carbocycles. The van der Waals surface area contributed by atoms with Crippen LogP contribution in [0.3, 0.4) is 0 Å². The molecule has 0 saturated heterocycles. The fraction of sp³-hybridized carbons (Fsp3) is 0.125. The maximum absolute atomic E-state index is 5.72. The minimum absolute atomic E-state index is 0.347. The van der Waals surface area contributed by atoms with E-state index in [0.717, 1.165) is 12.0 Å². The Bertz CT molecular complexity index is 271. The van der Waals surface area contributed by atoms with Gasteiger partial charge in [-0.3, -0.25) is 0 Å². The summed E-state index contributed by atoms with van der Waals surface area (Å²) < 4.78 is 0. The number of rotatable bonds is 2. The summed E-state index contributed by atoms with van der Waals surface area (Å²) in [7, 11) is 0. The van der Waals surface area contributed by atoms with Gasteiger partial charge in [-0.2, -0.15) is 0 Å². The highest BCUT2D eigenvalue weighted by Crippen LogP contribution is 2.19. The van der Waals surface area contributed by atoms with Gasteiger partial charge in [0, 0.05) is 6.20 Å². The van der Waals surface area contributed by atoms with Crippen LogP contribution in [0.5, 0.6) is 0 Å². The van der Waals surface area contributed by atoms with E-state index in [1.165, 1.54) is 0 Å². The molecule has 0 aliphatic carbocycles. The van der Waals surface area contributed by atoms with Crippen molar-refractivity contribution in [2.75, 3.05) is 0 Å². The van der Waals surface area contributed by atoms with Crippen molar-refractivity contribution < 1.29 is 0 Å².